The number of aromatic nitrogens is 2. The molecule has 208 valence electrons. The van der Waals surface area contributed by atoms with Crippen molar-refractivity contribution < 1.29 is 14.3 Å². The van der Waals surface area contributed by atoms with Crippen molar-refractivity contribution in [3.8, 4) is 0 Å². The zero-order chi connectivity index (χ0) is 26.9. The molecule has 3 fully saturated rings. The molecule has 0 unspecified atom stereocenters. The van der Waals surface area contributed by atoms with Gasteiger partial charge in [0, 0.05) is 50.3 Å². The second-order valence-corrected chi connectivity index (χ2v) is 12.1. The molecular weight excluding hydrogens is 479 g/mol. The van der Waals surface area contributed by atoms with E-state index in [-0.39, 0.29) is 11.7 Å². The Morgan fingerprint density at radius 2 is 1.87 bits per heavy atom. The normalized spacial score (nSPS) is 24.8. The molecule has 6 nitrogen and oxygen atoms in total. The summed E-state index contributed by atoms with van der Waals surface area (Å²) in [6.45, 7) is 13.0. The summed E-state index contributed by atoms with van der Waals surface area (Å²) in [5.41, 5.74) is 4.48. The summed E-state index contributed by atoms with van der Waals surface area (Å²) in [5.74, 6) is 0.320. The molecule has 7 heteroatoms. The van der Waals surface area contributed by atoms with E-state index in [0.29, 0.717) is 18.4 Å². The van der Waals surface area contributed by atoms with Crippen LogP contribution in [-0.4, -0.2) is 69.9 Å². The Labute approximate surface area is 227 Å². The van der Waals surface area contributed by atoms with Gasteiger partial charge in [-0.1, -0.05) is 31.9 Å². The lowest BCUT2D eigenvalue weighted by Gasteiger charge is -2.35. The Bertz CT molecular complexity index is 1120. The molecule has 2 saturated heterocycles. The van der Waals surface area contributed by atoms with Gasteiger partial charge in [0.1, 0.15) is 5.82 Å². The van der Waals surface area contributed by atoms with Gasteiger partial charge < -0.3 is 14.9 Å². The average Bonchev–Trinajstić information content (AvgIpc) is 3.62. The highest BCUT2D eigenvalue weighted by Crippen LogP contribution is 2.42. The van der Waals surface area contributed by atoms with Crippen LogP contribution >= 0.6 is 0 Å². The van der Waals surface area contributed by atoms with Crippen LogP contribution in [0.1, 0.15) is 86.7 Å². The smallest absolute Gasteiger partial charge is 0.310 e. The standard InChI is InChI=1S/C31H45FN4O2/c1-4-28-22(3)29(36(5-2)33-28)23-11-15-34(16-12-23)18-25-19-35(21-31(30(37)38)13-6-7-14-31)20-27(25)24-9-8-10-26(32)17-24/h8-10,17,23,25,27H,4-7,11-16,18-21H2,1-3H3,(H,37,38)/t25-,27+/m0/s1. The maximum Gasteiger partial charge on any atom is 0.310 e. The monoisotopic (exact) mass is 524 g/mol. The van der Waals surface area contributed by atoms with Crippen molar-refractivity contribution >= 4 is 5.97 Å². The molecule has 5 rings (SSSR count). The zero-order valence-corrected chi connectivity index (χ0v) is 23.5. The van der Waals surface area contributed by atoms with Gasteiger partial charge in [-0.25, -0.2) is 4.39 Å². The first-order valence-corrected chi connectivity index (χ1v) is 14.8. The summed E-state index contributed by atoms with van der Waals surface area (Å²) >= 11 is 0. The molecule has 1 aliphatic carbocycles. The Balaban J connectivity index is 1.28. The topological polar surface area (TPSA) is 61.6 Å². The molecule has 2 aliphatic heterocycles. The van der Waals surface area contributed by atoms with Gasteiger partial charge in [-0.15, -0.1) is 0 Å². The number of piperidine rings is 1. The fourth-order valence-electron chi connectivity index (χ4n) is 7.74. The molecule has 1 aromatic heterocycles. The minimum Gasteiger partial charge on any atom is -0.481 e. The second-order valence-electron chi connectivity index (χ2n) is 12.1. The first-order valence-electron chi connectivity index (χ1n) is 14.8. The number of likely N-dealkylation sites (tertiary alicyclic amines) is 2. The van der Waals surface area contributed by atoms with E-state index < -0.39 is 11.4 Å². The lowest BCUT2D eigenvalue weighted by molar-refractivity contribution is -0.149. The summed E-state index contributed by atoms with van der Waals surface area (Å²) in [5, 5.41) is 14.9. The molecule has 2 atom stereocenters. The molecule has 3 heterocycles. The van der Waals surface area contributed by atoms with Gasteiger partial charge in [0.15, 0.2) is 0 Å². The molecule has 0 spiro atoms. The zero-order valence-electron chi connectivity index (χ0n) is 23.5. The summed E-state index contributed by atoms with van der Waals surface area (Å²) < 4.78 is 16.4. The van der Waals surface area contributed by atoms with Gasteiger partial charge in [0.2, 0.25) is 0 Å². The first-order chi connectivity index (χ1) is 18.3. The minimum absolute atomic E-state index is 0.187. The van der Waals surface area contributed by atoms with Crippen molar-refractivity contribution in [3.05, 3.63) is 52.6 Å². The lowest BCUT2D eigenvalue weighted by atomic mass is 9.85. The SMILES string of the molecule is CCc1nn(CC)c(C2CCN(C[C@H]3CN(CC4(C(=O)O)CCCC4)C[C@@H]3c3cccc(F)c3)CC2)c1C. The highest BCUT2D eigenvalue weighted by Gasteiger charge is 2.45. The number of aryl methyl sites for hydroxylation is 2. The van der Waals surface area contributed by atoms with Crippen molar-refractivity contribution in [3.63, 3.8) is 0 Å². The number of carbonyl (C=O) groups is 1. The maximum atomic E-state index is 14.2. The van der Waals surface area contributed by atoms with Gasteiger partial charge in [-0.05, 0) is 88.2 Å². The Kier molecular flexibility index (Phi) is 8.25. The second kappa shape index (κ2) is 11.5. The highest BCUT2D eigenvalue weighted by molar-refractivity contribution is 5.75. The molecule has 1 aromatic carbocycles. The van der Waals surface area contributed by atoms with Crippen molar-refractivity contribution in [2.75, 3.05) is 39.3 Å². The van der Waals surface area contributed by atoms with Crippen molar-refractivity contribution in [1.29, 1.82) is 0 Å². The maximum absolute atomic E-state index is 14.2. The molecular formula is C31H45FN4O2. The molecule has 1 N–H and O–H groups in total. The number of benzene rings is 1. The van der Waals surface area contributed by atoms with E-state index in [4.69, 9.17) is 5.10 Å². The van der Waals surface area contributed by atoms with Gasteiger partial charge in [-0.3, -0.25) is 9.48 Å². The number of hydrogen-bond acceptors (Lipinski definition) is 4. The van der Waals surface area contributed by atoms with E-state index in [1.165, 1.54) is 23.0 Å². The summed E-state index contributed by atoms with van der Waals surface area (Å²) in [6.07, 6.45) is 6.81. The molecule has 1 saturated carbocycles. The molecule has 0 bridgehead atoms. The molecule has 3 aliphatic rings. The largest absolute Gasteiger partial charge is 0.481 e. The number of hydrogen-bond donors (Lipinski definition) is 1. The van der Waals surface area contributed by atoms with Gasteiger partial charge >= 0.3 is 5.97 Å². The predicted molar refractivity (Wildman–Crippen MR) is 148 cm³/mol. The summed E-state index contributed by atoms with van der Waals surface area (Å²) in [4.78, 5) is 17.2. The van der Waals surface area contributed by atoms with E-state index in [1.54, 1.807) is 6.07 Å². The van der Waals surface area contributed by atoms with Crippen LogP contribution in [0.25, 0.3) is 0 Å². The molecule has 38 heavy (non-hydrogen) atoms. The van der Waals surface area contributed by atoms with E-state index in [9.17, 15) is 14.3 Å². The average molecular weight is 525 g/mol. The van der Waals surface area contributed by atoms with Gasteiger partial charge in [-0.2, -0.15) is 5.10 Å². The Hall–Kier alpha value is -2.25. The van der Waals surface area contributed by atoms with Crippen LogP contribution in [0.2, 0.25) is 0 Å². The fourth-order valence-corrected chi connectivity index (χ4v) is 7.74. The number of halogens is 1. The number of aliphatic carboxylic acids is 1. The van der Waals surface area contributed by atoms with E-state index in [1.807, 2.05) is 6.07 Å². The van der Waals surface area contributed by atoms with E-state index >= 15 is 0 Å². The van der Waals surface area contributed by atoms with Crippen molar-refractivity contribution in [2.45, 2.75) is 84.1 Å². The van der Waals surface area contributed by atoms with Crippen molar-refractivity contribution in [2.24, 2.45) is 11.3 Å². The number of nitrogens with zero attached hydrogens (tertiary/aromatic N) is 4. The number of carboxylic acids is 1. The van der Waals surface area contributed by atoms with E-state index in [0.717, 1.165) is 89.8 Å². The first kappa shape index (κ1) is 27.3. The van der Waals surface area contributed by atoms with Crippen molar-refractivity contribution in [1.82, 2.24) is 19.6 Å². The highest BCUT2D eigenvalue weighted by atomic mass is 19.1. The summed E-state index contributed by atoms with van der Waals surface area (Å²) in [6, 6.07) is 7.07. The minimum atomic E-state index is -0.643. The molecule has 0 amide bonds. The van der Waals surface area contributed by atoms with Gasteiger partial charge in [0.05, 0.1) is 11.1 Å². The molecule has 2 aromatic rings. The van der Waals surface area contributed by atoms with Crippen LogP contribution in [0, 0.1) is 24.1 Å². The third kappa shape index (κ3) is 5.42. The van der Waals surface area contributed by atoms with Crippen LogP contribution < -0.4 is 0 Å². The predicted octanol–water partition coefficient (Wildman–Crippen LogP) is 5.45. The van der Waals surface area contributed by atoms with E-state index in [2.05, 4.69) is 41.3 Å². The third-order valence-electron chi connectivity index (χ3n) is 9.77. The summed E-state index contributed by atoms with van der Waals surface area (Å²) in [7, 11) is 0. The van der Waals surface area contributed by atoms with Crippen LogP contribution in [0.4, 0.5) is 4.39 Å². The van der Waals surface area contributed by atoms with Gasteiger partial charge in [0.25, 0.3) is 0 Å². The number of carboxylic acid groups (broad SMARTS) is 1. The van der Waals surface area contributed by atoms with Crippen LogP contribution in [0.15, 0.2) is 24.3 Å². The van der Waals surface area contributed by atoms with Crippen LogP contribution in [0.3, 0.4) is 0 Å². The lowest BCUT2D eigenvalue weighted by Crippen LogP contribution is -2.41. The third-order valence-corrected chi connectivity index (χ3v) is 9.77. The quantitative estimate of drug-likeness (QED) is 0.473. The number of rotatable bonds is 9. The Morgan fingerprint density at radius 3 is 2.50 bits per heavy atom. The molecule has 0 radical (unpaired) electrons. The Morgan fingerprint density at radius 1 is 1.13 bits per heavy atom. The van der Waals surface area contributed by atoms with Crippen LogP contribution in [0.5, 0.6) is 0 Å². The van der Waals surface area contributed by atoms with Crippen LogP contribution in [-0.2, 0) is 17.8 Å². The fraction of sp³-hybridized carbons (Fsp3) is 0.677.